The van der Waals surface area contributed by atoms with E-state index in [0.717, 1.165) is 108 Å². The molecule has 0 aromatic heterocycles. The van der Waals surface area contributed by atoms with Crippen LogP contribution in [-0.2, 0) is 65.4 Å². The van der Waals surface area contributed by atoms with Crippen molar-refractivity contribution in [2.24, 2.45) is 17.8 Å². The van der Waals surface area contributed by atoms with Gasteiger partial charge in [0.1, 0.15) is 19.3 Å². The lowest BCUT2D eigenvalue weighted by molar-refractivity contribution is -0.161. The van der Waals surface area contributed by atoms with Crippen LogP contribution in [0.15, 0.2) is 0 Å². The molecule has 0 aliphatic carbocycles. The molecule has 5 unspecified atom stereocenters. The Morgan fingerprint density at radius 1 is 0.283 bits per heavy atom. The lowest BCUT2D eigenvalue weighted by Gasteiger charge is -2.21. The van der Waals surface area contributed by atoms with Crippen LogP contribution in [0.5, 0.6) is 0 Å². The fourth-order valence-corrected chi connectivity index (χ4v) is 13.8. The Balaban J connectivity index is 5.24. The predicted molar refractivity (Wildman–Crippen MR) is 405 cm³/mol. The molecule has 8 atom stereocenters. The SMILES string of the molecule is CCCCCCCCCCCCCCCCCCCCCCCC(=O)O[C@H](COC(=O)CCCCCCCCCCCCC(C)CC)COP(=O)(O)OC[C@@H](O)COP(=O)(O)OC[C@@H](COC(=O)CCCCCCCCCCC(C)CC)OC(=O)CCCCCCCCCCC(C)CC. The molecule has 0 aromatic rings. The topological polar surface area (TPSA) is 237 Å². The van der Waals surface area contributed by atoms with Crippen LogP contribution in [0.25, 0.3) is 0 Å². The lowest BCUT2D eigenvalue weighted by atomic mass is 9.99. The molecule has 0 bridgehead atoms. The van der Waals surface area contributed by atoms with Crippen molar-refractivity contribution in [1.29, 1.82) is 0 Å². The smallest absolute Gasteiger partial charge is 0.462 e. The average molecular weight is 1450 g/mol. The maximum atomic E-state index is 13.1. The van der Waals surface area contributed by atoms with Gasteiger partial charge in [0.05, 0.1) is 26.4 Å². The summed E-state index contributed by atoms with van der Waals surface area (Å²) < 4.78 is 68.7. The van der Waals surface area contributed by atoms with Crippen molar-refractivity contribution in [2.75, 3.05) is 39.6 Å². The summed E-state index contributed by atoms with van der Waals surface area (Å²) in [5, 5.41) is 10.6. The molecule has 0 saturated heterocycles. The summed E-state index contributed by atoms with van der Waals surface area (Å²) in [4.78, 5) is 73.0. The van der Waals surface area contributed by atoms with Gasteiger partial charge in [-0.3, -0.25) is 37.3 Å². The number of hydrogen-bond donors (Lipinski definition) is 3. The first-order valence-electron chi connectivity index (χ1n) is 41.5. The summed E-state index contributed by atoms with van der Waals surface area (Å²) in [5.74, 6) is 0.241. The van der Waals surface area contributed by atoms with Gasteiger partial charge in [0, 0.05) is 25.7 Å². The zero-order valence-corrected chi connectivity index (χ0v) is 66.8. The first-order chi connectivity index (χ1) is 47.8. The van der Waals surface area contributed by atoms with Crippen molar-refractivity contribution in [2.45, 2.75) is 433 Å². The number of carbonyl (C=O) groups excluding carboxylic acids is 4. The van der Waals surface area contributed by atoms with Gasteiger partial charge in [-0.1, -0.05) is 363 Å². The van der Waals surface area contributed by atoms with Crippen molar-refractivity contribution in [1.82, 2.24) is 0 Å². The van der Waals surface area contributed by atoms with Crippen LogP contribution in [0.2, 0.25) is 0 Å². The van der Waals surface area contributed by atoms with Gasteiger partial charge in [-0.05, 0) is 43.4 Å². The summed E-state index contributed by atoms with van der Waals surface area (Å²) in [5.41, 5.74) is 0. The molecule has 588 valence electrons. The molecule has 0 aliphatic rings. The fraction of sp³-hybridized carbons (Fsp3) is 0.950. The number of phosphoric acid groups is 2. The normalized spacial score (nSPS) is 14.8. The molecule has 0 spiro atoms. The third-order valence-electron chi connectivity index (χ3n) is 19.7. The van der Waals surface area contributed by atoms with Gasteiger partial charge >= 0.3 is 39.5 Å². The van der Waals surface area contributed by atoms with E-state index in [1.807, 2.05) is 0 Å². The van der Waals surface area contributed by atoms with Crippen molar-refractivity contribution in [3.8, 4) is 0 Å². The van der Waals surface area contributed by atoms with Gasteiger partial charge in [-0.2, -0.15) is 0 Å². The van der Waals surface area contributed by atoms with E-state index in [4.69, 9.17) is 37.0 Å². The van der Waals surface area contributed by atoms with E-state index in [-0.39, 0.29) is 25.7 Å². The average Bonchev–Trinajstić information content (AvgIpc) is 1.04. The van der Waals surface area contributed by atoms with Crippen LogP contribution in [0.1, 0.15) is 414 Å². The molecule has 0 fully saturated rings. The van der Waals surface area contributed by atoms with Crippen molar-refractivity contribution < 1.29 is 80.2 Å². The number of esters is 4. The summed E-state index contributed by atoms with van der Waals surface area (Å²) in [6.07, 6.45) is 58.2. The fourth-order valence-electron chi connectivity index (χ4n) is 12.2. The highest BCUT2D eigenvalue weighted by atomic mass is 31.2. The van der Waals surface area contributed by atoms with Gasteiger partial charge in [-0.15, -0.1) is 0 Å². The second kappa shape index (κ2) is 70.4. The number of phosphoric ester groups is 2. The third kappa shape index (κ3) is 70.2. The monoisotopic (exact) mass is 1450 g/mol. The highest BCUT2D eigenvalue weighted by Gasteiger charge is 2.30. The van der Waals surface area contributed by atoms with Crippen LogP contribution < -0.4 is 0 Å². The second-order valence-corrected chi connectivity index (χ2v) is 32.4. The molecule has 0 radical (unpaired) electrons. The Bertz CT molecular complexity index is 1930. The third-order valence-corrected chi connectivity index (χ3v) is 21.6. The number of aliphatic hydroxyl groups is 1. The van der Waals surface area contributed by atoms with Crippen LogP contribution in [0.4, 0.5) is 0 Å². The lowest BCUT2D eigenvalue weighted by Crippen LogP contribution is -2.30. The van der Waals surface area contributed by atoms with Gasteiger partial charge in [0.15, 0.2) is 12.2 Å². The van der Waals surface area contributed by atoms with Gasteiger partial charge in [0.25, 0.3) is 0 Å². The zero-order chi connectivity index (χ0) is 73.0. The number of carbonyl (C=O) groups is 4. The first-order valence-corrected chi connectivity index (χ1v) is 44.5. The zero-order valence-electron chi connectivity index (χ0n) is 65.0. The van der Waals surface area contributed by atoms with Crippen LogP contribution in [0.3, 0.4) is 0 Å². The second-order valence-electron chi connectivity index (χ2n) is 29.5. The minimum absolute atomic E-state index is 0.105. The molecule has 99 heavy (non-hydrogen) atoms. The molecular weight excluding hydrogens is 1290 g/mol. The molecule has 17 nitrogen and oxygen atoms in total. The molecule has 0 saturated carbocycles. The molecule has 0 heterocycles. The minimum Gasteiger partial charge on any atom is -0.462 e. The van der Waals surface area contributed by atoms with E-state index in [1.54, 1.807) is 0 Å². The molecular formula is C80H156O17P2. The van der Waals surface area contributed by atoms with E-state index in [0.29, 0.717) is 25.7 Å². The minimum atomic E-state index is -4.96. The number of unbranched alkanes of at least 4 members (excludes halogenated alkanes) is 43. The van der Waals surface area contributed by atoms with E-state index in [1.165, 1.54) is 225 Å². The highest BCUT2D eigenvalue weighted by Crippen LogP contribution is 2.45. The van der Waals surface area contributed by atoms with Crippen LogP contribution >= 0.6 is 15.6 Å². The Morgan fingerprint density at radius 2 is 0.485 bits per heavy atom. The van der Waals surface area contributed by atoms with E-state index < -0.39 is 97.5 Å². The van der Waals surface area contributed by atoms with Crippen molar-refractivity contribution in [3.05, 3.63) is 0 Å². The predicted octanol–water partition coefficient (Wildman–Crippen LogP) is 23.7. The summed E-state index contributed by atoms with van der Waals surface area (Å²) in [6.45, 7) is 12.0. The van der Waals surface area contributed by atoms with Crippen LogP contribution in [0, 0.1) is 17.8 Å². The summed E-state index contributed by atoms with van der Waals surface area (Å²) in [7, 11) is -9.92. The Kier molecular flexibility index (Phi) is 69.0. The number of ether oxygens (including phenoxy) is 4. The molecule has 0 amide bonds. The Morgan fingerprint density at radius 3 is 0.717 bits per heavy atom. The number of aliphatic hydroxyl groups excluding tert-OH is 1. The molecule has 3 N–H and O–H groups in total. The molecule has 0 aromatic carbocycles. The van der Waals surface area contributed by atoms with Crippen molar-refractivity contribution >= 4 is 39.5 Å². The highest BCUT2D eigenvalue weighted by molar-refractivity contribution is 7.47. The van der Waals surface area contributed by atoms with Crippen molar-refractivity contribution in [3.63, 3.8) is 0 Å². The number of rotatable bonds is 78. The van der Waals surface area contributed by atoms with E-state index >= 15 is 0 Å². The molecule has 19 heteroatoms. The summed E-state index contributed by atoms with van der Waals surface area (Å²) >= 11 is 0. The standard InChI is InChI=1S/C80H156O17P2/c1-8-12-13-14-15-16-17-18-19-20-21-22-23-24-25-26-27-32-42-49-56-63-79(84)96-75(67-90-77(82)61-54-47-40-31-29-28-30-37-44-51-58-71(5)9-2)69-94-98(86,87)92-65-74(81)66-93-99(88,89)95-70-76(97-80(85)64-57-50-43-36-34-39-46-53-60-73(7)11-4)68-91-78(83)62-55-48-41-35-33-38-45-52-59-72(6)10-3/h71-76,81H,8-70H2,1-7H3,(H,86,87)(H,88,89)/t71?,72?,73?,74-,75-,76-/m1/s1. The largest absolute Gasteiger partial charge is 0.472 e. The maximum Gasteiger partial charge on any atom is 0.472 e. The summed E-state index contributed by atoms with van der Waals surface area (Å²) in [6, 6.07) is 0. The quantitative estimate of drug-likeness (QED) is 0.0222. The molecule has 0 rings (SSSR count). The first kappa shape index (κ1) is 97.1. The van der Waals surface area contributed by atoms with Gasteiger partial charge in [0.2, 0.25) is 0 Å². The Labute approximate surface area is 607 Å². The Hall–Kier alpha value is -1.94. The van der Waals surface area contributed by atoms with Gasteiger partial charge in [-0.25, -0.2) is 9.13 Å². The van der Waals surface area contributed by atoms with Crippen LogP contribution in [-0.4, -0.2) is 96.7 Å². The molecule has 0 aliphatic heterocycles. The maximum absolute atomic E-state index is 13.1. The van der Waals surface area contributed by atoms with E-state index in [9.17, 15) is 43.2 Å². The van der Waals surface area contributed by atoms with Gasteiger partial charge < -0.3 is 33.8 Å². The number of hydrogen-bond acceptors (Lipinski definition) is 15. The van der Waals surface area contributed by atoms with E-state index in [2.05, 4.69) is 48.5 Å².